The number of phenols is 1. The standard InChI is InChI=1S/C18H18O2S.C15H12O2S/c1-12(2)20-16-9-6-14-10-17(21-18(14)11-16)13-4-7-15(19-3)8-5-13;1-17-13-6-3-10(4-7-13)14-8-11-2-5-12(16)9-15(11)18-14/h4-12H,1-3H3;2-9,16H,1H3. The summed E-state index contributed by atoms with van der Waals surface area (Å²) in [6.45, 7) is 4.09. The Balaban J connectivity index is 0.000000160. The van der Waals surface area contributed by atoms with Crippen LogP contribution in [0.25, 0.3) is 41.1 Å². The summed E-state index contributed by atoms with van der Waals surface area (Å²) in [5, 5.41) is 11.9. The van der Waals surface area contributed by atoms with Gasteiger partial charge >= 0.3 is 0 Å². The van der Waals surface area contributed by atoms with E-state index in [9.17, 15) is 5.11 Å². The third-order valence-electron chi connectivity index (χ3n) is 6.12. The third-order valence-corrected chi connectivity index (χ3v) is 8.41. The molecule has 0 spiro atoms. The molecule has 4 aromatic carbocycles. The zero-order valence-corrected chi connectivity index (χ0v) is 23.9. The molecule has 6 aromatic rings. The lowest BCUT2D eigenvalue weighted by Gasteiger charge is -2.08. The predicted molar refractivity (Wildman–Crippen MR) is 165 cm³/mol. The second-order valence-electron chi connectivity index (χ2n) is 9.27. The first kappa shape index (κ1) is 26.6. The number of aromatic hydroxyl groups is 1. The van der Waals surface area contributed by atoms with Crippen molar-refractivity contribution in [3.63, 3.8) is 0 Å². The van der Waals surface area contributed by atoms with E-state index < -0.39 is 0 Å². The van der Waals surface area contributed by atoms with Crippen molar-refractivity contribution in [2.75, 3.05) is 14.2 Å². The van der Waals surface area contributed by atoms with Crippen LogP contribution in [0.15, 0.2) is 97.1 Å². The summed E-state index contributed by atoms with van der Waals surface area (Å²) in [7, 11) is 3.35. The number of benzene rings is 4. The summed E-state index contributed by atoms with van der Waals surface area (Å²) >= 11 is 3.46. The fraction of sp³-hybridized carbons (Fsp3) is 0.152. The molecular weight excluding hydrogens is 524 g/mol. The molecule has 0 aliphatic rings. The molecule has 0 amide bonds. The van der Waals surface area contributed by atoms with E-state index in [0.29, 0.717) is 5.75 Å². The highest BCUT2D eigenvalue weighted by Crippen LogP contribution is 2.37. The van der Waals surface area contributed by atoms with Gasteiger partial charge in [0.25, 0.3) is 0 Å². The van der Waals surface area contributed by atoms with Crippen molar-refractivity contribution < 1.29 is 19.3 Å². The summed E-state index contributed by atoms with van der Waals surface area (Å²) < 4.78 is 18.5. The summed E-state index contributed by atoms with van der Waals surface area (Å²) in [6, 6.07) is 32.3. The lowest BCUT2D eigenvalue weighted by Crippen LogP contribution is -2.04. The van der Waals surface area contributed by atoms with Gasteiger partial charge in [-0.05, 0) is 133 Å². The summed E-state index contributed by atoms with van der Waals surface area (Å²) in [5.41, 5.74) is 2.37. The minimum absolute atomic E-state index is 0.198. The lowest BCUT2D eigenvalue weighted by molar-refractivity contribution is 0.243. The van der Waals surface area contributed by atoms with Crippen LogP contribution in [0.4, 0.5) is 0 Å². The van der Waals surface area contributed by atoms with Crippen LogP contribution < -0.4 is 14.2 Å². The SMILES string of the molecule is COc1ccc(-c2cc3ccc(O)cc3s2)cc1.COc1ccc(-c2cc3ccc(OC(C)C)cc3s2)cc1. The molecule has 6 rings (SSSR count). The van der Waals surface area contributed by atoms with Crippen molar-refractivity contribution in [3.05, 3.63) is 97.1 Å². The van der Waals surface area contributed by atoms with E-state index in [0.717, 1.165) is 32.9 Å². The van der Waals surface area contributed by atoms with E-state index in [2.05, 4.69) is 36.4 Å². The van der Waals surface area contributed by atoms with E-state index >= 15 is 0 Å². The molecule has 0 aliphatic carbocycles. The van der Waals surface area contributed by atoms with Gasteiger partial charge in [0.1, 0.15) is 23.0 Å². The van der Waals surface area contributed by atoms with Gasteiger partial charge in [-0.25, -0.2) is 0 Å². The minimum Gasteiger partial charge on any atom is -0.508 e. The lowest BCUT2D eigenvalue weighted by atomic mass is 10.1. The van der Waals surface area contributed by atoms with Crippen LogP contribution in [0.1, 0.15) is 13.8 Å². The average molecular weight is 555 g/mol. The Morgan fingerprint density at radius 3 is 1.51 bits per heavy atom. The van der Waals surface area contributed by atoms with Crippen LogP contribution in [0.3, 0.4) is 0 Å². The van der Waals surface area contributed by atoms with Crippen LogP contribution in [0.2, 0.25) is 0 Å². The molecule has 0 fully saturated rings. The smallest absolute Gasteiger partial charge is 0.121 e. The maximum absolute atomic E-state index is 9.47. The number of methoxy groups -OCH3 is 2. The van der Waals surface area contributed by atoms with Crippen LogP contribution in [-0.2, 0) is 0 Å². The van der Waals surface area contributed by atoms with E-state index in [1.165, 1.54) is 25.4 Å². The highest BCUT2D eigenvalue weighted by molar-refractivity contribution is 7.22. The second kappa shape index (κ2) is 11.8. The topological polar surface area (TPSA) is 47.9 Å². The number of phenolic OH excluding ortho intramolecular Hbond substituents is 1. The van der Waals surface area contributed by atoms with Crippen molar-refractivity contribution in [1.82, 2.24) is 0 Å². The van der Waals surface area contributed by atoms with Crippen molar-refractivity contribution in [1.29, 1.82) is 0 Å². The fourth-order valence-electron chi connectivity index (χ4n) is 4.17. The second-order valence-corrected chi connectivity index (χ2v) is 11.4. The van der Waals surface area contributed by atoms with Crippen molar-refractivity contribution in [2.24, 2.45) is 0 Å². The van der Waals surface area contributed by atoms with E-state index in [1.54, 1.807) is 49.0 Å². The first-order valence-corrected chi connectivity index (χ1v) is 14.3. The molecule has 1 N–H and O–H groups in total. The summed E-state index contributed by atoms with van der Waals surface area (Å²) in [5.74, 6) is 2.98. The summed E-state index contributed by atoms with van der Waals surface area (Å²) in [6.07, 6.45) is 0.198. The molecule has 0 radical (unpaired) electrons. The highest BCUT2D eigenvalue weighted by Gasteiger charge is 2.07. The van der Waals surface area contributed by atoms with Gasteiger partial charge in [-0.2, -0.15) is 0 Å². The fourth-order valence-corrected chi connectivity index (χ4v) is 6.37. The number of ether oxygens (including phenoxy) is 3. The van der Waals surface area contributed by atoms with E-state index in [4.69, 9.17) is 14.2 Å². The van der Waals surface area contributed by atoms with Gasteiger partial charge in [0.15, 0.2) is 0 Å². The Morgan fingerprint density at radius 1 is 0.564 bits per heavy atom. The van der Waals surface area contributed by atoms with Gasteiger partial charge in [0.05, 0.1) is 20.3 Å². The van der Waals surface area contributed by atoms with Crippen LogP contribution >= 0.6 is 22.7 Å². The molecule has 4 nitrogen and oxygen atoms in total. The zero-order valence-electron chi connectivity index (χ0n) is 22.3. The number of thiophene rings is 2. The average Bonchev–Trinajstić information content (AvgIpc) is 3.57. The minimum atomic E-state index is 0.198. The molecular formula is C33H30O4S2. The van der Waals surface area contributed by atoms with Crippen molar-refractivity contribution in [3.8, 4) is 43.9 Å². The Kier molecular flexibility index (Phi) is 8.05. The summed E-state index contributed by atoms with van der Waals surface area (Å²) in [4.78, 5) is 2.45. The van der Waals surface area contributed by atoms with Crippen molar-refractivity contribution in [2.45, 2.75) is 20.0 Å². The Labute approximate surface area is 236 Å². The van der Waals surface area contributed by atoms with Gasteiger partial charge < -0.3 is 19.3 Å². The number of hydrogen-bond acceptors (Lipinski definition) is 6. The molecule has 198 valence electrons. The first-order chi connectivity index (χ1) is 18.9. The number of hydrogen-bond donors (Lipinski definition) is 1. The van der Waals surface area contributed by atoms with Crippen LogP contribution in [-0.4, -0.2) is 25.4 Å². The van der Waals surface area contributed by atoms with Gasteiger partial charge in [0.2, 0.25) is 0 Å². The highest BCUT2D eigenvalue weighted by atomic mass is 32.1. The van der Waals surface area contributed by atoms with Crippen molar-refractivity contribution >= 4 is 42.8 Å². The third kappa shape index (κ3) is 6.36. The van der Waals surface area contributed by atoms with Gasteiger partial charge in [0, 0.05) is 19.2 Å². The molecule has 0 saturated heterocycles. The Morgan fingerprint density at radius 2 is 1.03 bits per heavy atom. The molecule has 0 saturated carbocycles. The monoisotopic (exact) mass is 554 g/mol. The predicted octanol–water partition coefficient (Wildman–Crippen LogP) is 9.65. The van der Waals surface area contributed by atoms with Gasteiger partial charge in [-0.15, -0.1) is 22.7 Å². The zero-order chi connectivity index (χ0) is 27.4. The normalized spacial score (nSPS) is 10.9. The Hall–Kier alpha value is -4.00. The molecule has 2 heterocycles. The largest absolute Gasteiger partial charge is 0.508 e. The molecule has 0 bridgehead atoms. The number of fused-ring (bicyclic) bond motifs is 2. The molecule has 0 aliphatic heterocycles. The maximum atomic E-state index is 9.47. The molecule has 2 aromatic heterocycles. The molecule has 0 atom stereocenters. The molecule has 6 heteroatoms. The van der Waals surface area contributed by atoms with E-state index in [1.807, 2.05) is 62.4 Å². The first-order valence-electron chi connectivity index (χ1n) is 12.6. The maximum Gasteiger partial charge on any atom is 0.121 e. The van der Waals surface area contributed by atoms with Crippen LogP contribution in [0.5, 0.6) is 23.0 Å². The van der Waals surface area contributed by atoms with Gasteiger partial charge in [-0.1, -0.05) is 0 Å². The molecule has 39 heavy (non-hydrogen) atoms. The van der Waals surface area contributed by atoms with E-state index in [-0.39, 0.29) is 6.10 Å². The van der Waals surface area contributed by atoms with Gasteiger partial charge in [-0.3, -0.25) is 0 Å². The quantitative estimate of drug-likeness (QED) is 0.223. The number of rotatable bonds is 6. The van der Waals surface area contributed by atoms with Crippen LogP contribution in [0, 0.1) is 0 Å². The molecule has 0 unspecified atom stereocenters. The Bertz CT molecular complexity index is 1680.